The van der Waals surface area contributed by atoms with Gasteiger partial charge in [-0.25, -0.2) is 4.79 Å². The molecule has 0 aliphatic carbocycles. The number of carbonyl (C=O) groups excluding carboxylic acids is 1. The third-order valence-corrected chi connectivity index (χ3v) is 4.36. The molecule has 1 saturated heterocycles. The number of rotatable bonds is 5. The summed E-state index contributed by atoms with van der Waals surface area (Å²) in [6.45, 7) is 6.57. The standard InChI is InChI=1S/C15H23N3O3/c1-4-11(5-2)18-10(3)12(9-16-18)14(19)17-8-6-7-13(17)15(20)21/h9,11,13H,4-8H2,1-3H3,(H,20,21)/t13-/m0/s1. The van der Waals surface area contributed by atoms with E-state index in [4.69, 9.17) is 0 Å². The van der Waals surface area contributed by atoms with E-state index in [2.05, 4.69) is 18.9 Å². The number of nitrogens with zero attached hydrogens (tertiary/aromatic N) is 3. The molecule has 1 aliphatic rings. The minimum Gasteiger partial charge on any atom is -0.480 e. The molecule has 1 aromatic rings. The van der Waals surface area contributed by atoms with E-state index >= 15 is 0 Å². The Morgan fingerprint density at radius 1 is 1.43 bits per heavy atom. The predicted octanol–water partition coefficient (Wildman–Crippen LogP) is 2.24. The van der Waals surface area contributed by atoms with Crippen molar-refractivity contribution in [2.75, 3.05) is 6.54 Å². The molecule has 1 fully saturated rings. The highest BCUT2D eigenvalue weighted by molar-refractivity contribution is 5.97. The van der Waals surface area contributed by atoms with Gasteiger partial charge >= 0.3 is 5.97 Å². The van der Waals surface area contributed by atoms with Gasteiger partial charge in [-0.15, -0.1) is 0 Å². The Balaban J connectivity index is 2.26. The molecule has 0 saturated carbocycles. The maximum absolute atomic E-state index is 12.6. The van der Waals surface area contributed by atoms with Crippen LogP contribution in [-0.4, -0.2) is 44.3 Å². The number of hydrogen-bond donors (Lipinski definition) is 1. The van der Waals surface area contributed by atoms with Gasteiger partial charge < -0.3 is 10.0 Å². The van der Waals surface area contributed by atoms with E-state index in [1.165, 1.54) is 4.90 Å². The van der Waals surface area contributed by atoms with Crippen molar-refractivity contribution in [1.29, 1.82) is 0 Å². The summed E-state index contributed by atoms with van der Waals surface area (Å²) in [6, 6.07) is -0.422. The molecule has 0 aromatic carbocycles. The number of carboxylic acids is 1. The molecule has 1 N–H and O–H groups in total. The summed E-state index contributed by atoms with van der Waals surface area (Å²) in [4.78, 5) is 25.3. The van der Waals surface area contributed by atoms with E-state index < -0.39 is 12.0 Å². The quantitative estimate of drug-likeness (QED) is 0.903. The normalized spacial score (nSPS) is 18.5. The first-order valence-corrected chi connectivity index (χ1v) is 7.59. The number of carbonyl (C=O) groups is 2. The van der Waals surface area contributed by atoms with Crippen LogP contribution in [0.3, 0.4) is 0 Å². The van der Waals surface area contributed by atoms with Crippen LogP contribution in [0.5, 0.6) is 0 Å². The zero-order valence-corrected chi connectivity index (χ0v) is 12.9. The van der Waals surface area contributed by atoms with Gasteiger partial charge in [0.2, 0.25) is 0 Å². The molecular formula is C15H23N3O3. The molecule has 1 amide bonds. The van der Waals surface area contributed by atoms with Crippen molar-refractivity contribution in [2.45, 2.75) is 58.5 Å². The molecule has 0 unspecified atom stereocenters. The van der Waals surface area contributed by atoms with Crippen molar-refractivity contribution in [1.82, 2.24) is 14.7 Å². The van der Waals surface area contributed by atoms with Gasteiger partial charge in [0.1, 0.15) is 6.04 Å². The van der Waals surface area contributed by atoms with Crippen LogP contribution in [-0.2, 0) is 4.79 Å². The van der Waals surface area contributed by atoms with Crippen molar-refractivity contribution in [3.05, 3.63) is 17.5 Å². The maximum Gasteiger partial charge on any atom is 0.326 e. The van der Waals surface area contributed by atoms with Gasteiger partial charge in [-0.1, -0.05) is 13.8 Å². The van der Waals surface area contributed by atoms with Crippen LogP contribution in [0.25, 0.3) is 0 Å². The smallest absolute Gasteiger partial charge is 0.326 e. The second-order valence-electron chi connectivity index (χ2n) is 5.55. The van der Waals surface area contributed by atoms with Gasteiger partial charge in [0, 0.05) is 12.2 Å². The molecule has 6 nitrogen and oxygen atoms in total. The second-order valence-corrected chi connectivity index (χ2v) is 5.55. The molecule has 2 rings (SSSR count). The number of carboxylic acid groups (broad SMARTS) is 1. The lowest BCUT2D eigenvalue weighted by atomic mass is 10.1. The summed E-state index contributed by atoms with van der Waals surface area (Å²) >= 11 is 0. The van der Waals surface area contributed by atoms with Crippen LogP contribution in [0, 0.1) is 6.92 Å². The first-order chi connectivity index (χ1) is 10.0. The third-order valence-electron chi connectivity index (χ3n) is 4.36. The monoisotopic (exact) mass is 293 g/mol. The molecule has 21 heavy (non-hydrogen) atoms. The van der Waals surface area contributed by atoms with E-state index in [1.807, 2.05) is 11.6 Å². The van der Waals surface area contributed by atoms with Crippen molar-refractivity contribution >= 4 is 11.9 Å². The Bertz CT molecular complexity index is 534. The van der Waals surface area contributed by atoms with Gasteiger partial charge in [0.15, 0.2) is 0 Å². The second kappa shape index (κ2) is 6.28. The van der Waals surface area contributed by atoms with E-state index in [1.54, 1.807) is 6.20 Å². The molecule has 1 aliphatic heterocycles. The van der Waals surface area contributed by atoms with Gasteiger partial charge in [0.25, 0.3) is 5.91 Å². The number of hydrogen-bond acceptors (Lipinski definition) is 3. The van der Waals surface area contributed by atoms with Crippen molar-refractivity contribution in [3.63, 3.8) is 0 Å². The minimum atomic E-state index is -0.925. The van der Waals surface area contributed by atoms with Crippen LogP contribution in [0.15, 0.2) is 6.20 Å². The number of aliphatic carboxylic acids is 1. The fourth-order valence-electron chi connectivity index (χ4n) is 3.06. The Hall–Kier alpha value is -1.85. The molecule has 0 spiro atoms. The summed E-state index contributed by atoms with van der Waals surface area (Å²) in [6.07, 6.45) is 4.75. The molecule has 0 bridgehead atoms. The average Bonchev–Trinajstić information content (AvgIpc) is 3.07. The van der Waals surface area contributed by atoms with E-state index in [-0.39, 0.29) is 11.9 Å². The maximum atomic E-state index is 12.6. The van der Waals surface area contributed by atoms with Gasteiger partial charge in [-0.05, 0) is 32.6 Å². The number of aromatic nitrogens is 2. The number of amides is 1. The topological polar surface area (TPSA) is 75.4 Å². The third kappa shape index (κ3) is 2.80. The first kappa shape index (κ1) is 15.5. The Morgan fingerprint density at radius 2 is 2.10 bits per heavy atom. The van der Waals surface area contributed by atoms with Crippen molar-refractivity contribution in [2.24, 2.45) is 0 Å². The van der Waals surface area contributed by atoms with Gasteiger partial charge in [0.05, 0.1) is 17.8 Å². The van der Waals surface area contributed by atoms with E-state index in [0.717, 1.165) is 25.0 Å². The van der Waals surface area contributed by atoms with E-state index in [9.17, 15) is 14.7 Å². The summed E-state index contributed by atoms with van der Waals surface area (Å²) in [5.74, 6) is -1.14. The minimum absolute atomic E-state index is 0.213. The highest BCUT2D eigenvalue weighted by atomic mass is 16.4. The molecule has 2 heterocycles. The van der Waals surface area contributed by atoms with Gasteiger partial charge in [-0.2, -0.15) is 5.10 Å². The first-order valence-electron chi connectivity index (χ1n) is 7.59. The summed E-state index contributed by atoms with van der Waals surface area (Å²) in [5.41, 5.74) is 1.35. The lowest BCUT2D eigenvalue weighted by Gasteiger charge is -2.21. The van der Waals surface area contributed by atoms with Crippen LogP contribution >= 0.6 is 0 Å². The van der Waals surface area contributed by atoms with E-state index in [0.29, 0.717) is 18.5 Å². The molecule has 0 radical (unpaired) electrons. The summed E-state index contributed by atoms with van der Waals surface area (Å²) in [5, 5.41) is 13.5. The molecule has 1 aromatic heterocycles. The zero-order chi connectivity index (χ0) is 15.6. The SMILES string of the molecule is CCC(CC)n1ncc(C(=O)N2CCC[C@H]2C(=O)O)c1C. The Kier molecular flexibility index (Phi) is 4.65. The number of likely N-dealkylation sites (tertiary alicyclic amines) is 1. The van der Waals surface area contributed by atoms with Crippen LogP contribution < -0.4 is 0 Å². The fourth-order valence-corrected chi connectivity index (χ4v) is 3.06. The van der Waals surface area contributed by atoms with Crippen LogP contribution in [0.1, 0.15) is 61.6 Å². The summed E-state index contributed by atoms with van der Waals surface area (Å²) in [7, 11) is 0. The molecule has 116 valence electrons. The molecule has 1 atom stereocenters. The highest BCUT2D eigenvalue weighted by Gasteiger charge is 2.35. The van der Waals surface area contributed by atoms with Crippen molar-refractivity contribution < 1.29 is 14.7 Å². The predicted molar refractivity (Wildman–Crippen MR) is 78.3 cm³/mol. The molecular weight excluding hydrogens is 270 g/mol. The molecule has 6 heteroatoms. The lowest BCUT2D eigenvalue weighted by Crippen LogP contribution is -2.40. The summed E-state index contributed by atoms with van der Waals surface area (Å²) < 4.78 is 1.89. The van der Waals surface area contributed by atoms with Crippen molar-refractivity contribution in [3.8, 4) is 0 Å². The zero-order valence-electron chi connectivity index (χ0n) is 12.9. The van der Waals surface area contributed by atoms with Crippen LogP contribution in [0.4, 0.5) is 0 Å². The lowest BCUT2D eigenvalue weighted by molar-refractivity contribution is -0.141. The van der Waals surface area contributed by atoms with Crippen LogP contribution in [0.2, 0.25) is 0 Å². The largest absolute Gasteiger partial charge is 0.480 e. The highest BCUT2D eigenvalue weighted by Crippen LogP contribution is 2.24. The Labute approximate surface area is 124 Å². The van der Waals surface area contributed by atoms with Gasteiger partial charge in [-0.3, -0.25) is 9.48 Å². The fraction of sp³-hybridized carbons (Fsp3) is 0.667. The average molecular weight is 293 g/mol. The Morgan fingerprint density at radius 3 is 2.67 bits per heavy atom.